The van der Waals surface area contributed by atoms with Crippen molar-refractivity contribution < 1.29 is 0 Å². The van der Waals surface area contributed by atoms with E-state index in [0.717, 1.165) is 12.5 Å². The van der Waals surface area contributed by atoms with Gasteiger partial charge in [0.05, 0.1) is 6.04 Å². The Bertz CT molecular complexity index is 291. The van der Waals surface area contributed by atoms with Gasteiger partial charge in [0.25, 0.3) is 0 Å². The highest BCUT2D eigenvalue weighted by atomic mass is 32.1. The van der Waals surface area contributed by atoms with Crippen molar-refractivity contribution >= 4 is 11.3 Å². The van der Waals surface area contributed by atoms with E-state index in [1.807, 2.05) is 11.3 Å². The van der Waals surface area contributed by atoms with Gasteiger partial charge in [-0.2, -0.15) is 0 Å². The van der Waals surface area contributed by atoms with Crippen molar-refractivity contribution in [2.45, 2.75) is 25.8 Å². The Morgan fingerprint density at radius 2 is 2.43 bits per heavy atom. The SMILES string of the molecule is Cc1ccsc1C(CN)NCC1CC1. The third-order valence-corrected chi connectivity index (χ3v) is 3.94. The third-order valence-electron chi connectivity index (χ3n) is 2.80. The monoisotopic (exact) mass is 210 g/mol. The summed E-state index contributed by atoms with van der Waals surface area (Å²) in [6, 6.07) is 2.54. The van der Waals surface area contributed by atoms with E-state index < -0.39 is 0 Å². The third kappa shape index (κ3) is 2.35. The highest BCUT2D eigenvalue weighted by Crippen LogP contribution is 2.29. The van der Waals surface area contributed by atoms with Crippen LogP contribution in [0.4, 0.5) is 0 Å². The number of hydrogen-bond acceptors (Lipinski definition) is 3. The number of aryl methyl sites for hydroxylation is 1. The molecule has 1 atom stereocenters. The van der Waals surface area contributed by atoms with Crippen molar-refractivity contribution in [2.24, 2.45) is 11.7 Å². The van der Waals surface area contributed by atoms with Crippen LogP contribution in [0.5, 0.6) is 0 Å². The topological polar surface area (TPSA) is 38.0 Å². The van der Waals surface area contributed by atoms with E-state index in [9.17, 15) is 0 Å². The van der Waals surface area contributed by atoms with E-state index in [1.165, 1.54) is 23.3 Å². The van der Waals surface area contributed by atoms with E-state index in [4.69, 9.17) is 5.73 Å². The number of thiophene rings is 1. The Hall–Kier alpha value is -0.380. The van der Waals surface area contributed by atoms with Gasteiger partial charge in [-0.25, -0.2) is 0 Å². The van der Waals surface area contributed by atoms with Crippen LogP contribution >= 0.6 is 11.3 Å². The van der Waals surface area contributed by atoms with Crippen LogP contribution in [-0.2, 0) is 0 Å². The van der Waals surface area contributed by atoms with Gasteiger partial charge in [0.15, 0.2) is 0 Å². The van der Waals surface area contributed by atoms with Crippen LogP contribution in [-0.4, -0.2) is 13.1 Å². The molecule has 2 nitrogen and oxygen atoms in total. The Labute approximate surface area is 89.5 Å². The van der Waals surface area contributed by atoms with Gasteiger partial charge in [-0.3, -0.25) is 0 Å². The van der Waals surface area contributed by atoms with Crippen molar-refractivity contribution in [1.82, 2.24) is 5.32 Å². The molecule has 0 radical (unpaired) electrons. The van der Waals surface area contributed by atoms with Crippen LogP contribution in [0.25, 0.3) is 0 Å². The molecule has 1 aromatic rings. The van der Waals surface area contributed by atoms with Crippen LogP contribution in [0.2, 0.25) is 0 Å². The first-order chi connectivity index (χ1) is 6.81. The van der Waals surface area contributed by atoms with Crippen LogP contribution in [0, 0.1) is 12.8 Å². The Morgan fingerprint density at radius 3 is 2.93 bits per heavy atom. The lowest BCUT2D eigenvalue weighted by molar-refractivity contribution is 0.527. The molecule has 1 fully saturated rings. The molecule has 0 amide bonds. The lowest BCUT2D eigenvalue weighted by atomic mass is 10.1. The molecule has 0 bridgehead atoms. The molecular weight excluding hydrogens is 192 g/mol. The van der Waals surface area contributed by atoms with Crippen molar-refractivity contribution in [1.29, 1.82) is 0 Å². The Kier molecular flexibility index (Phi) is 3.21. The average Bonchev–Trinajstić information content (AvgIpc) is 2.92. The second-order valence-corrected chi connectivity index (χ2v) is 5.06. The molecule has 3 N–H and O–H groups in total. The summed E-state index contributed by atoms with van der Waals surface area (Å²) in [6.45, 7) is 4.00. The second kappa shape index (κ2) is 4.43. The molecular formula is C11H18N2S. The maximum atomic E-state index is 5.78. The van der Waals surface area contributed by atoms with Gasteiger partial charge in [-0.1, -0.05) is 0 Å². The number of rotatable bonds is 5. The first-order valence-electron chi connectivity index (χ1n) is 5.28. The zero-order valence-corrected chi connectivity index (χ0v) is 9.44. The fraction of sp³-hybridized carbons (Fsp3) is 0.636. The van der Waals surface area contributed by atoms with Gasteiger partial charge in [-0.05, 0) is 49.2 Å². The summed E-state index contributed by atoms with van der Waals surface area (Å²) in [7, 11) is 0. The molecule has 1 aliphatic carbocycles. The molecule has 1 unspecified atom stereocenters. The van der Waals surface area contributed by atoms with E-state index in [0.29, 0.717) is 12.6 Å². The molecule has 1 heterocycles. The second-order valence-electron chi connectivity index (χ2n) is 4.11. The highest BCUT2D eigenvalue weighted by molar-refractivity contribution is 7.10. The summed E-state index contributed by atoms with van der Waals surface area (Å²) >= 11 is 1.81. The van der Waals surface area contributed by atoms with Gasteiger partial charge in [0, 0.05) is 11.4 Å². The summed E-state index contributed by atoms with van der Waals surface area (Å²) in [5, 5.41) is 5.70. The summed E-state index contributed by atoms with van der Waals surface area (Å²) in [6.07, 6.45) is 2.79. The van der Waals surface area contributed by atoms with E-state index in [-0.39, 0.29) is 0 Å². The predicted octanol–water partition coefficient (Wildman–Crippen LogP) is 2.06. The maximum Gasteiger partial charge on any atom is 0.0542 e. The molecule has 78 valence electrons. The minimum atomic E-state index is 0.371. The van der Waals surface area contributed by atoms with Gasteiger partial charge < -0.3 is 11.1 Å². The van der Waals surface area contributed by atoms with Crippen molar-refractivity contribution in [3.63, 3.8) is 0 Å². The lowest BCUT2D eigenvalue weighted by Gasteiger charge is -2.16. The minimum absolute atomic E-state index is 0.371. The minimum Gasteiger partial charge on any atom is -0.329 e. The number of hydrogen-bond donors (Lipinski definition) is 2. The summed E-state index contributed by atoms with van der Waals surface area (Å²) in [5.74, 6) is 0.921. The van der Waals surface area contributed by atoms with E-state index in [2.05, 4.69) is 23.7 Å². The summed E-state index contributed by atoms with van der Waals surface area (Å²) < 4.78 is 0. The molecule has 1 aromatic heterocycles. The molecule has 0 saturated heterocycles. The standard InChI is InChI=1S/C11H18N2S/c1-8-4-5-14-11(8)10(6-12)13-7-9-2-3-9/h4-5,9-10,13H,2-3,6-7,12H2,1H3. The number of nitrogens with one attached hydrogen (secondary N) is 1. The molecule has 3 heteroatoms. The molecule has 1 saturated carbocycles. The Balaban J connectivity index is 1.93. The molecule has 14 heavy (non-hydrogen) atoms. The normalized spacial score (nSPS) is 18.4. The molecule has 0 spiro atoms. The predicted molar refractivity (Wildman–Crippen MR) is 61.6 cm³/mol. The first kappa shape index (κ1) is 10.1. The Morgan fingerprint density at radius 1 is 1.64 bits per heavy atom. The molecule has 1 aliphatic rings. The maximum absolute atomic E-state index is 5.78. The van der Waals surface area contributed by atoms with Crippen LogP contribution in [0.3, 0.4) is 0 Å². The largest absolute Gasteiger partial charge is 0.329 e. The van der Waals surface area contributed by atoms with Gasteiger partial charge in [0.2, 0.25) is 0 Å². The van der Waals surface area contributed by atoms with Gasteiger partial charge >= 0.3 is 0 Å². The molecule has 0 aliphatic heterocycles. The zero-order valence-electron chi connectivity index (χ0n) is 8.62. The quantitative estimate of drug-likeness (QED) is 0.780. The van der Waals surface area contributed by atoms with Gasteiger partial charge in [-0.15, -0.1) is 11.3 Å². The average molecular weight is 210 g/mol. The highest BCUT2D eigenvalue weighted by Gasteiger charge is 2.22. The number of nitrogens with two attached hydrogens (primary N) is 1. The first-order valence-corrected chi connectivity index (χ1v) is 6.16. The smallest absolute Gasteiger partial charge is 0.0542 e. The summed E-state index contributed by atoms with van der Waals surface area (Å²) in [4.78, 5) is 1.41. The van der Waals surface area contributed by atoms with Crippen LogP contribution in [0.1, 0.15) is 29.3 Å². The lowest BCUT2D eigenvalue weighted by Crippen LogP contribution is -2.29. The molecule has 0 aromatic carbocycles. The van der Waals surface area contributed by atoms with Crippen LogP contribution in [0.15, 0.2) is 11.4 Å². The summed E-state index contributed by atoms with van der Waals surface area (Å²) in [5.41, 5.74) is 7.15. The van der Waals surface area contributed by atoms with Crippen molar-refractivity contribution in [3.05, 3.63) is 21.9 Å². The zero-order chi connectivity index (χ0) is 9.97. The van der Waals surface area contributed by atoms with Gasteiger partial charge in [0.1, 0.15) is 0 Å². The van der Waals surface area contributed by atoms with E-state index in [1.54, 1.807) is 0 Å². The fourth-order valence-corrected chi connectivity index (χ4v) is 2.67. The fourth-order valence-electron chi connectivity index (χ4n) is 1.66. The molecule has 2 rings (SSSR count). The van der Waals surface area contributed by atoms with E-state index >= 15 is 0 Å². The van der Waals surface area contributed by atoms with Crippen LogP contribution < -0.4 is 11.1 Å². The van der Waals surface area contributed by atoms with Crippen molar-refractivity contribution in [2.75, 3.05) is 13.1 Å². The van der Waals surface area contributed by atoms with Crippen molar-refractivity contribution in [3.8, 4) is 0 Å².